The summed E-state index contributed by atoms with van der Waals surface area (Å²) in [6.07, 6.45) is -5.10. The number of rotatable bonds is 5. The summed E-state index contributed by atoms with van der Waals surface area (Å²) in [7, 11) is 3.41. The first-order valence-electron chi connectivity index (χ1n) is 14.8. The van der Waals surface area contributed by atoms with E-state index in [0.717, 1.165) is 39.7 Å². The van der Waals surface area contributed by atoms with E-state index in [1.165, 1.54) is 17.0 Å². The van der Waals surface area contributed by atoms with Gasteiger partial charge in [-0.2, -0.15) is 13.2 Å². The number of ether oxygens (including phenoxy) is 1. The number of hydrogen-bond acceptors (Lipinski definition) is 4. The number of carbonyl (C=O) groups excluding carboxylic acids is 2. The van der Waals surface area contributed by atoms with Gasteiger partial charge in [-0.3, -0.25) is 4.79 Å². The molecule has 0 unspecified atom stereocenters. The zero-order valence-electron chi connectivity index (χ0n) is 25.6. The lowest BCUT2D eigenvalue weighted by Gasteiger charge is -2.35. The second-order valence-corrected chi connectivity index (χ2v) is 11.7. The molecule has 1 aliphatic rings. The van der Waals surface area contributed by atoms with Crippen LogP contribution in [0.25, 0.3) is 22.0 Å². The summed E-state index contributed by atoms with van der Waals surface area (Å²) in [5.74, 6) is -0.529. The molecule has 0 radical (unpaired) electrons. The number of urea groups is 1. The molecule has 3 amide bonds. The number of alkyl halides is 3. The van der Waals surface area contributed by atoms with E-state index in [-0.39, 0.29) is 43.8 Å². The highest BCUT2D eigenvalue weighted by Gasteiger charge is 2.34. The number of aliphatic hydroxyl groups excluding tert-OH is 1. The number of fused-ring (bicyclic) bond motifs is 5. The van der Waals surface area contributed by atoms with Crippen molar-refractivity contribution in [1.82, 2.24) is 14.4 Å². The molecule has 3 aromatic carbocycles. The Kier molecular flexibility index (Phi) is 9.22. The first-order valence-corrected chi connectivity index (χ1v) is 14.8. The normalized spacial score (nSPS) is 18.1. The van der Waals surface area contributed by atoms with E-state index in [1.807, 2.05) is 67.1 Å². The number of benzene rings is 3. The molecule has 238 valence electrons. The molecule has 0 saturated heterocycles. The van der Waals surface area contributed by atoms with Crippen LogP contribution in [0, 0.1) is 5.92 Å². The smallest absolute Gasteiger partial charge is 0.394 e. The fraction of sp³-hybridized carbons (Fsp3) is 0.353. The maximum absolute atomic E-state index is 14.4. The SMILES string of the molecule is C[C@@H]1CN([C@H](C)CO)C(=O)c2c(c3ccccc3n2C)-c2ccccc2CO[C@H]1CN(C)C(=O)Nc1cccc(C(F)(F)F)c1. The zero-order valence-corrected chi connectivity index (χ0v) is 25.6. The lowest BCUT2D eigenvalue weighted by Crippen LogP contribution is -2.48. The second kappa shape index (κ2) is 12.9. The fourth-order valence-electron chi connectivity index (χ4n) is 5.87. The maximum atomic E-state index is 14.4. The molecule has 0 saturated carbocycles. The van der Waals surface area contributed by atoms with Gasteiger partial charge in [0.25, 0.3) is 5.91 Å². The number of aromatic nitrogens is 1. The number of aliphatic hydroxyl groups is 1. The lowest BCUT2D eigenvalue weighted by atomic mass is 9.96. The van der Waals surface area contributed by atoms with Crippen molar-refractivity contribution in [1.29, 1.82) is 0 Å². The Hall–Kier alpha value is -4.35. The molecule has 0 aliphatic carbocycles. The van der Waals surface area contributed by atoms with Crippen LogP contribution in [0.5, 0.6) is 0 Å². The van der Waals surface area contributed by atoms with Gasteiger partial charge in [0.2, 0.25) is 0 Å². The van der Waals surface area contributed by atoms with E-state index in [4.69, 9.17) is 4.74 Å². The van der Waals surface area contributed by atoms with Crippen molar-refractivity contribution < 1.29 is 32.6 Å². The van der Waals surface area contributed by atoms with Crippen LogP contribution in [0.4, 0.5) is 23.7 Å². The Morgan fingerprint density at radius 1 is 1.11 bits per heavy atom. The molecule has 8 nitrogen and oxygen atoms in total. The summed E-state index contributed by atoms with van der Waals surface area (Å²) in [4.78, 5) is 30.6. The minimum atomic E-state index is -4.54. The average Bonchev–Trinajstić information content (AvgIpc) is 3.31. The third kappa shape index (κ3) is 6.55. The number of amides is 3. The van der Waals surface area contributed by atoms with Gasteiger partial charge in [0.15, 0.2) is 0 Å². The lowest BCUT2D eigenvalue weighted by molar-refractivity contribution is -0.137. The van der Waals surface area contributed by atoms with Crippen molar-refractivity contribution in [2.45, 2.75) is 38.8 Å². The Balaban J connectivity index is 1.49. The molecule has 3 atom stereocenters. The molecule has 45 heavy (non-hydrogen) atoms. The third-order valence-electron chi connectivity index (χ3n) is 8.47. The van der Waals surface area contributed by atoms with Gasteiger partial charge >= 0.3 is 12.2 Å². The highest BCUT2D eigenvalue weighted by atomic mass is 19.4. The van der Waals surface area contributed by atoms with Gasteiger partial charge in [0.1, 0.15) is 5.69 Å². The van der Waals surface area contributed by atoms with Crippen molar-refractivity contribution in [2.75, 3.05) is 32.1 Å². The van der Waals surface area contributed by atoms with Gasteiger partial charge in [-0.1, -0.05) is 55.5 Å². The molecule has 2 heterocycles. The molecule has 2 N–H and O–H groups in total. The number of carbonyl (C=O) groups is 2. The van der Waals surface area contributed by atoms with E-state index < -0.39 is 29.9 Å². The van der Waals surface area contributed by atoms with Crippen LogP contribution >= 0.6 is 0 Å². The van der Waals surface area contributed by atoms with Crippen LogP contribution in [0.1, 0.15) is 35.5 Å². The topological polar surface area (TPSA) is 87.0 Å². The number of para-hydroxylation sites is 1. The van der Waals surface area contributed by atoms with Crippen LogP contribution < -0.4 is 5.32 Å². The summed E-state index contributed by atoms with van der Waals surface area (Å²) < 4.78 is 48.0. The summed E-state index contributed by atoms with van der Waals surface area (Å²) in [6, 6.07) is 18.9. The zero-order chi connectivity index (χ0) is 32.5. The van der Waals surface area contributed by atoms with E-state index in [0.29, 0.717) is 5.69 Å². The van der Waals surface area contributed by atoms with Crippen molar-refractivity contribution >= 4 is 28.5 Å². The first kappa shape index (κ1) is 32.1. The molecule has 1 aromatic heterocycles. The number of halogens is 3. The Bertz CT molecular complexity index is 1700. The molecule has 5 rings (SSSR count). The summed E-state index contributed by atoms with van der Waals surface area (Å²) in [6.45, 7) is 3.97. The molecular formula is C34H37F3N4O4. The van der Waals surface area contributed by atoms with Crippen molar-refractivity contribution in [3.05, 3.63) is 89.6 Å². The van der Waals surface area contributed by atoms with E-state index >= 15 is 0 Å². The van der Waals surface area contributed by atoms with Crippen molar-refractivity contribution in [3.8, 4) is 11.1 Å². The van der Waals surface area contributed by atoms with Crippen LogP contribution in [0.3, 0.4) is 0 Å². The highest BCUT2D eigenvalue weighted by Crippen LogP contribution is 2.38. The van der Waals surface area contributed by atoms with Crippen LogP contribution in [0.2, 0.25) is 0 Å². The van der Waals surface area contributed by atoms with E-state index in [9.17, 15) is 27.9 Å². The highest BCUT2D eigenvalue weighted by molar-refractivity contribution is 6.10. The first-order chi connectivity index (χ1) is 21.4. The molecule has 0 bridgehead atoms. The number of nitrogens with zero attached hydrogens (tertiary/aromatic N) is 3. The molecular weight excluding hydrogens is 585 g/mol. The summed E-state index contributed by atoms with van der Waals surface area (Å²) in [5.41, 5.74) is 3.06. The average molecular weight is 623 g/mol. The van der Waals surface area contributed by atoms with Crippen LogP contribution in [-0.2, 0) is 24.6 Å². The van der Waals surface area contributed by atoms with Gasteiger partial charge in [-0.25, -0.2) is 4.79 Å². The quantitative estimate of drug-likeness (QED) is 0.270. The van der Waals surface area contributed by atoms with Crippen LogP contribution in [-0.4, -0.2) is 70.3 Å². The van der Waals surface area contributed by atoms with Crippen molar-refractivity contribution in [2.24, 2.45) is 13.0 Å². The van der Waals surface area contributed by atoms with E-state index in [1.54, 1.807) is 18.9 Å². The summed E-state index contributed by atoms with van der Waals surface area (Å²) >= 11 is 0. The summed E-state index contributed by atoms with van der Waals surface area (Å²) in [5, 5.41) is 13.6. The van der Waals surface area contributed by atoms with Gasteiger partial charge in [0, 0.05) is 55.3 Å². The minimum absolute atomic E-state index is 0.0190. The van der Waals surface area contributed by atoms with Crippen LogP contribution in [0.15, 0.2) is 72.8 Å². The third-order valence-corrected chi connectivity index (χ3v) is 8.47. The van der Waals surface area contributed by atoms with Gasteiger partial charge < -0.3 is 29.5 Å². The van der Waals surface area contributed by atoms with Gasteiger partial charge in [-0.15, -0.1) is 0 Å². The number of anilines is 1. The van der Waals surface area contributed by atoms with Crippen molar-refractivity contribution in [3.63, 3.8) is 0 Å². The van der Waals surface area contributed by atoms with Gasteiger partial charge in [0.05, 0.1) is 30.9 Å². The minimum Gasteiger partial charge on any atom is -0.394 e. The number of likely N-dealkylation sites (N-methyl/N-ethyl adjacent to an activating group) is 1. The number of aryl methyl sites for hydroxylation is 1. The largest absolute Gasteiger partial charge is 0.416 e. The van der Waals surface area contributed by atoms with Gasteiger partial charge in [-0.05, 0) is 42.3 Å². The molecule has 0 fully saturated rings. The molecule has 4 aromatic rings. The predicted molar refractivity (Wildman–Crippen MR) is 167 cm³/mol. The van der Waals surface area contributed by atoms with E-state index in [2.05, 4.69) is 5.32 Å². The second-order valence-electron chi connectivity index (χ2n) is 11.7. The molecule has 1 aliphatic heterocycles. The maximum Gasteiger partial charge on any atom is 0.416 e. The Morgan fingerprint density at radius 2 is 1.82 bits per heavy atom. The predicted octanol–water partition coefficient (Wildman–Crippen LogP) is 6.39. The molecule has 0 spiro atoms. The Morgan fingerprint density at radius 3 is 2.56 bits per heavy atom. The fourth-order valence-corrected chi connectivity index (χ4v) is 5.87. The monoisotopic (exact) mass is 622 g/mol. The number of nitrogens with one attached hydrogen (secondary N) is 1. The standard InChI is InChI=1S/C34H37F3N4O4/c1-21-17-41(22(2)19-42)32(43)31-30(27-14-7-8-15-28(27)40(31)4)26-13-6-5-10-23(26)20-45-29(21)18-39(3)33(44)38-25-12-9-11-24(16-25)34(35,36)37/h5-16,21-22,29,42H,17-20H2,1-4H3,(H,38,44)/t21-,22-,29+/m1/s1. The molecule has 11 heteroatoms. The number of hydrogen-bond donors (Lipinski definition) is 2. The Labute approximate surface area is 260 Å².